The standard InChI is InChI=1S/C14H17Cl2NO3/c1-9(10-3-4-11(15)12(16)5-10)17-7-14(2,8-17)20-6-13(18)19/h3-5,9H,6-8H2,1-2H3,(H,18,19). The van der Waals surface area contributed by atoms with Crippen molar-refractivity contribution in [3.8, 4) is 0 Å². The van der Waals surface area contributed by atoms with Gasteiger partial charge < -0.3 is 9.84 Å². The SMILES string of the molecule is CC(c1ccc(Cl)c(Cl)c1)N1CC(C)(OCC(=O)O)C1. The number of ether oxygens (including phenoxy) is 1. The summed E-state index contributed by atoms with van der Waals surface area (Å²) in [6.45, 7) is 5.14. The summed E-state index contributed by atoms with van der Waals surface area (Å²) in [6.07, 6.45) is 0. The summed E-state index contributed by atoms with van der Waals surface area (Å²) >= 11 is 11.9. The molecule has 6 heteroatoms. The maximum Gasteiger partial charge on any atom is 0.329 e. The molecule has 1 aromatic carbocycles. The molecule has 1 N–H and O–H groups in total. The summed E-state index contributed by atoms with van der Waals surface area (Å²) < 4.78 is 5.40. The quantitative estimate of drug-likeness (QED) is 0.905. The third-order valence-corrected chi connectivity index (χ3v) is 4.33. The Balaban J connectivity index is 1.94. The summed E-state index contributed by atoms with van der Waals surface area (Å²) in [6, 6.07) is 5.79. The molecule has 0 saturated carbocycles. The Kier molecular flexibility index (Phi) is 4.59. The minimum atomic E-state index is -0.942. The van der Waals surface area contributed by atoms with Crippen molar-refractivity contribution in [3.63, 3.8) is 0 Å². The fourth-order valence-electron chi connectivity index (χ4n) is 2.40. The topological polar surface area (TPSA) is 49.8 Å². The van der Waals surface area contributed by atoms with E-state index in [-0.39, 0.29) is 18.2 Å². The molecule has 2 rings (SSSR count). The lowest BCUT2D eigenvalue weighted by Gasteiger charge is -2.50. The van der Waals surface area contributed by atoms with Gasteiger partial charge in [0, 0.05) is 19.1 Å². The lowest BCUT2D eigenvalue weighted by molar-refractivity contribution is -0.169. The van der Waals surface area contributed by atoms with Crippen molar-refractivity contribution >= 4 is 29.2 Å². The molecule has 0 spiro atoms. The van der Waals surface area contributed by atoms with Gasteiger partial charge in [-0.2, -0.15) is 0 Å². The Morgan fingerprint density at radius 3 is 2.65 bits per heavy atom. The fourth-order valence-corrected chi connectivity index (χ4v) is 2.70. The molecule has 1 fully saturated rings. The second kappa shape index (κ2) is 5.90. The smallest absolute Gasteiger partial charge is 0.329 e. The average molecular weight is 318 g/mol. The van der Waals surface area contributed by atoms with Crippen LogP contribution in [0.25, 0.3) is 0 Å². The van der Waals surface area contributed by atoms with Gasteiger partial charge in [0.05, 0.1) is 15.6 Å². The Hall–Kier alpha value is -0.810. The number of aliphatic carboxylic acids is 1. The first-order valence-corrected chi connectivity index (χ1v) is 7.11. The van der Waals surface area contributed by atoms with E-state index in [4.69, 9.17) is 33.0 Å². The predicted octanol–water partition coefficient (Wildman–Crippen LogP) is 3.23. The van der Waals surface area contributed by atoms with E-state index in [1.54, 1.807) is 6.07 Å². The number of halogens is 2. The van der Waals surface area contributed by atoms with Crippen LogP contribution in [0.5, 0.6) is 0 Å². The van der Waals surface area contributed by atoms with Gasteiger partial charge in [-0.3, -0.25) is 4.90 Å². The van der Waals surface area contributed by atoms with E-state index in [9.17, 15) is 4.79 Å². The van der Waals surface area contributed by atoms with E-state index in [0.29, 0.717) is 23.1 Å². The third kappa shape index (κ3) is 3.44. The molecule has 0 aromatic heterocycles. The Bertz CT molecular complexity index is 515. The van der Waals surface area contributed by atoms with Crippen LogP contribution in [0.1, 0.15) is 25.5 Å². The van der Waals surface area contributed by atoms with E-state index in [2.05, 4.69) is 11.8 Å². The Morgan fingerprint density at radius 2 is 2.10 bits per heavy atom. The average Bonchev–Trinajstić information content (AvgIpc) is 2.35. The predicted molar refractivity (Wildman–Crippen MR) is 78.4 cm³/mol. The van der Waals surface area contributed by atoms with Crippen molar-refractivity contribution in [1.29, 1.82) is 0 Å². The molecule has 0 radical (unpaired) electrons. The molecule has 20 heavy (non-hydrogen) atoms. The number of rotatable bonds is 5. The number of hydrogen-bond donors (Lipinski definition) is 1. The number of hydrogen-bond acceptors (Lipinski definition) is 3. The molecular formula is C14H17Cl2NO3. The van der Waals surface area contributed by atoms with Crippen LogP contribution in [0.2, 0.25) is 10.0 Å². The zero-order valence-corrected chi connectivity index (χ0v) is 12.9. The second-order valence-electron chi connectivity index (χ2n) is 5.39. The van der Waals surface area contributed by atoms with Crippen LogP contribution < -0.4 is 0 Å². The highest BCUT2D eigenvalue weighted by Gasteiger charge is 2.42. The summed E-state index contributed by atoms with van der Waals surface area (Å²) in [4.78, 5) is 12.7. The van der Waals surface area contributed by atoms with Crippen LogP contribution in [0.15, 0.2) is 18.2 Å². The summed E-state index contributed by atoms with van der Waals surface area (Å²) in [5.74, 6) is -0.942. The van der Waals surface area contributed by atoms with Crippen LogP contribution >= 0.6 is 23.2 Å². The van der Waals surface area contributed by atoms with Crippen molar-refractivity contribution in [3.05, 3.63) is 33.8 Å². The normalized spacial score (nSPS) is 19.4. The number of carbonyl (C=O) groups is 1. The van der Waals surface area contributed by atoms with E-state index >= 15 is 0 Å². The number of benzene rings is 1. The molecule has 1 heterocycles. The Labute approximate surface area is 128 Å². The zero-order chi connectivity index (χ0) is 14.9. The monoisotopic (exact) mass is 317 g/mol. The van der Waals surface area contributed by atoms with Crippen molar-refractivity contribution in [2.75, 3.05) is 19.7 Å². The van der Waals surface area contributed by atoms with Gasteiger partial charge in [0.15, 0.2) is 0 Å². The third-order valence-electron chi connectivity index (χ3n) is 3.59. The van der Waals surface area contributed by atoms with Crippen LogP contribution in [0, 0.1) is 0 Å². The van der Waals surface area contributed by atoms with Gasteiger partial charge in [-0.15, -0.1) is 0 Å². The molecule has 0 aliphatic carbocycles. The van der Waals surface area contributed by atoms with Crippen LogP contribution in [0.4, 0.5) is 0 Å². The van der Waals surface area contributed by atoms with Gasteiger partial charge in [-0.25, -0.2) is 4.79 Å². The van der Waals surface area contributed by atoms with Gasteiger partial charge in [0.2, 0.25) is 0 Å². The molecule has 110 valence electrons. The van der Waals surface area contributed by atoms with Gasteiger partial charge in [0.1, 0.15) is 6.61 Å². The summed E-state index contributed by atoms with van der Waals surface area (Å²) in [7, 11) is 0. The molecule has 0 amide bonds. The summed E-state index contributed by atoms with van der Waals surface area (Å²) in [5.41, 5.74) is 0.697. The largest absolute Gasteiger partial charge is 0.480 e. The fraction of sp³-hybridized carbons (Fsp3) is 0.500. The molecule has 1 unspecified atom stereocenters. The van der Waals surface area contributed by atoms with Crippen molar-refractivity contribution in [1.82, 2.24) is 4.90 Å². The molecule has 0 bridgehead atoms. The molecule has 1 aliphatic heterocycles. The zero-order valence-electron chi connectivity index (χ0n) is 11.4. The first-order chi connectivity index (χ1) is 9.31. The minimum Gasteiger partial charge on any atom is -0.480 e. The molecule has 4 nitrogen and oxygen atoms in total. The lowest BCUT2D eigenvalue weighted by atomic mass is 9.92. The Morgan fingerprint density at radius 1 is 1.45 bits per heavy atom. The van der Waals surface area contributed by atoms with Gasteiger partial charge in [-0.05, 0) is 31.5 Å². The highest BCUT2D eigenvalue weighted by molar-refractivity contribution is 6.42. The first kappa shape index (κ1) is 15.6. The highest BCUT2D eigenvalue weighted by atomic mass is 35.5. The van der Waals surface area contributed by atoms with Crippen LogP contribution in [-0.2, 0) is 9.53 Å². The minimum absolute atomic E-state index is 0.186. The number of nitrogens with zero attached hydrogens (tertiary/aromatic N) is 1. The maximum absolute atomic E-state index is 10.5. The number of carboxylic acid groups (broad SMARTS) is 1. The van der Waals surface area contributed by atoms with E-state index < -0.39 is 5.97 Å². The van der Waals surface area contributed by atoms with Crippen molar-refractivity contribution < 1.29 is 14.6 Å². The molecule has 1 atom stereocenters. The highest BCUT2D eigenvalue weighted by Crippen LogP contribution is 2.34. The van der Waals surface area contributed by atoms with Crippen molar-refractivity contribution in [2.45, 2.75) is 25.5 Å². The van der Waals surface area contributed by atoms with E-state index in [0.717, 1.165) is 5.56 Å². The molecule has 1 aliphatic rings. The second-order valence-corrected chi connectivity index (χ2v) is 6.20. The molecular weight excluding hydrogens is 301 g/mol. The molecule has 1 aromatic rings. The number of likely N-dealkylation sites (tertiary alicyclic amines) is 1. The summed E-state index contributed by atoms with van der Waals surface area (Å²) in [5, 5.41) is 9.73. The van der Waals surface area contributed by atoms with Gasteiger partial charge >= 0.3 is 5.97 Å². The van der Waals surface area contributed by atoms with Crippen molar-refractivity contribution in [2.24, 2.45) is 0 Å². The van der Waals surface area contributed by atoms with E-state index in [1.165, 1.54) is 0 Å². The lowest BCUT2D eigenvalue weighted by Crippen LogP contribution is -2.62. The van der Waals surface area contributed by atoms with Gasteiger partial charge in [-0.1, -0.05) is 29.3 Å². The van der Waals surface area contributed by atoms with Crippen LogP contribution in [-0.4, -0.2) is 41.3 Å². The molecule has 1 saturated heterocycles. The van der Waals surface area contributed by atoms with Crippen LogP contribution in [0.3, 0.4) is 0 Å². The maximum atomic E-state index is 10.5. The number of carboxylic acids is 1. The van der Waals surface area contributed by atoms with E-state index in [1.807, 2.05) is 19.1 Å². The van der Waals surface area contributed by atoms with Gasteiger partial charge in [0.25, 0.3) is 0 Å². The first-order valence-electron chi connectivity index (χ1n) is 6.35.